The smallest absolute Gasteiger partial charge is 0.275 e. The first-order chi connectivity index (χ1) is 18.8. The van der Waals surface area contributed by atoms with Crippen LogP contribution in [0.25, 0.3) is 22.4 Å². The number of hydrogen-bond donors (Lipinski definition) is 2. The molecule has 0 amide bonds. The van der Waals surface area contributed by atoms with Crippen LogP contribution in [0.5, 0.6) is 5.75 Å². The van der Waals surface area contributed by atoms with E-state index in [1.807, 2.05) is 13.8 Å². The number of hydrogen-bond acceptors (Lipinski definition) is 8. The van der Waals surface area contributed by atoms with Crippen molar-refractivity contribution in [1.29, 1.82) is 0 Å². The first-order valence-electron chi connectivity index (χ1n) is 13.2. The van der Waals surface area contributed by atoms with E-state index >= 15 is 0 Å². The molecule has 0 radical (unpaired) electrons. The summed E-state index contributed by atoms with van der Waals surface area (Å²) in [5.41, 5.74) is 2.11. The normalized spacial score (nSPS) is 15.2. The largest absolute Gasteiger partial charge is 0.601 e. The molecular formula is C26H35N5O7S. The molecule has 0 saturated carbocycles. The van der Waals surface area contributed by atoms with E-state index in [1.54, 1.807) is 17.7 Å². The van der Waals surface area contributed by atoms with E-state index in [0.717, 1.165) is 12.7 Å². The summed E-state index contributed by atoms with van der Waals surface area (Å²) >= 11 is 0. The minimum absolute atomic E-state index is 0.0712. The lowest BCUT2D eigenvalue weighted by Gasteiger charge is -2.31. The third-order valence-electron chi connectivity index (χ3n) is 7.23. The van der Waals surface area contributed by atoms with Crippen LogP contribution in [0, 0.1) is 11.1 Å². The number of nitrogens with one attached hydrogen (secondary N) is 1. The number of ether oxygens (including phenoxy) is 1. The number of sulfonamides is 1. The Morgan fingerprint density at radius 3 is 2.64 bits per heavy atom. The summed E-state index contributed by atoms with van der Waals surface area (Å²) in [5.74, 6) is 0.839. The zero-order chi connectivity index (χ0) is 28.2. The first-order valence-corrected chi connectivity index (χ1v) is 14.6. The number of aromatic amines is 1. The van der Waals surface area contributed by atoms with Crippen molar-refractivity contribution in [2.75, 3.05) is 26.3 Å². The lowest BCUT2D eigenvalue weighted by atomic mass is 9.95. The van der Waals surface area contributed by atoms with Crippen LogP contribution in [0.1, 0.15) is 55.6 Å². The fraction of sp³-hybridized carbons (Fsp3) is 0.500. The number of nitrogens with zero attached hydrogens (tertiary/aromatic N) is 3. The van der Waals surface area contributed by atoms with Crippen LogP contribution in [-0.4, -0.2) is 59.8 Å². The van der Waals surface area contributed by atoms with Crippen molar-refractivity contribution in [3.8, 4) is 17.1 Å². The second-order valence-electron chi connectivity index (χ2n) is 9.60. The number of quaternary nitrogens is 1. The highest BCUT2D eigenvalue weighted by atomic mass is 32.2. The molecule has 3 aromatic rings. The number of H-pyrrole nitrogens is 1. The third kappa shape index (κ3) is 5.77. The predicted octanol–water partition coefficient (Wildman–Crippen LogP) is 1.88. The maximum absolute atomic E-state index is 13.6. The average molecular weight is 562 g/mol. The Bertz CT molecular complexity index is 1490. The number of carbonyl (C=O) groups is 1. The topological polar surface area (TPSA) is 163 Å². The van der Waals surface area contributed by atoms with E-state index in [0.29, 0.717) is 85.7 Å². The van der Waals surface area contributed by atoms with Gasteiger partial charge in [-0.2, -0.15) is 4.31 Å². The molecule has 0 bridgehead atoms. The van der Waals surface area contributed by atoms with Crippen LogP contribution in [-0.2, 0) is 28.3 Å². The minimum atomic E-state index is -3.83. The Kier molecular flexibility index (Phi) is 9.18. The van der Waals surface area contributed by atoms with Crippen LogP contribution < -0.4 is 15.9 Å². The third-order valence-corrected chi connectivity index (χ3v) is 9.12. The Morgan fingerprint density at radius 1 is 1.26 bits per heavy atom. The molecule has 212 valence electrons. The molecule has 0 atom stereocenters. The second kappa shape index (κ2) is 12.4. The van der Waals surface area contributed by atoms with Gasteiger partial charge < -0.3 is 19.5 Å². The molecule has 0 unspecified atom stereocenters. The van der Waals surface area contributed by atoms with Crippen LogP contribution >= 0.6 is 0 Å². The van der Waals surface area contributed by atoms with Gasteiger partial charge in [0.1, 0.15) is 29.2 Å². The molecule has 2 aromatic heterocycles. The fourth-order valence-corrected chi connectivity index (χ4v) is 6.71. The summed E-state index contributed by atoms with van der Waals surface area (Å²) in [4.78, 5) is 37.3. The van der Waals surface area contributed by atoms with Gasteiger partial charge in [0.2, 0.25) is 10.0 Å². The molecule has 3 heterocycles. The molecule has 39 heavy (non-hydrogen) atoms. The van der Waals surface area contributed by atoms with Gasteiger partial charge in [0, 0.05) is 25.7 Å². The molecule has 1 aliphatic heterocycles. The number of nitrogens with two attached hydrogens (primary N) is 1. The molecule has 1 aromatic carbocycles. The van der Waals surface area contributed by atoms with Gasteiger partial charge in [0.15, 0.2) is 6.29 Å². The molecule has 1 saturated heterocycles. The lowest BCUT2D eigenvalue weighted by molar-refractivity contribution is -0.850. The number of aryl methyl sites for hydroxylation is 2. The molecule has 12 nitrogen and oxygen atoms in total. The number of aldehydes is 1. The van der Waals surface area contributed by atoms with Gasteiger partial charge in [0.25, 0.3) is 5.56 Å². The Hall–Kier alpha value is -3.10. The zero-order valence-electron chi connectivity index (χ0n) is 22.4. The summed E-state index contributed by atoms with van der Waals surface area (Å²) in [6.07, 6.45) is 4.08. The minimum Gasteiger partial charge on any atom is -0.601 e. The van der Waals surface area contributed by atoms with Gasteiger partial charge in [-0.25, -0.2) is 23.9 Å². The van der Waals surface area contributed by atoms with Crippen molar-refractivity contribution < 1.29 is 28.4 Å². The zero-order valence-corrected chi connectivity index (χ0v) is 23.3. The highest BCUT2D eigenvalue weighted by Gasteiger charge is 2.30. The summed E-state index contributed by atoms with van der Waals surface area (Å²) < 4.78 is 36.0. The first kappa shape index (κ1) is 28.9. The maximum Gasteiger partial charge on any atom is 0.275 e. The van der Waals surface area contributed by atoms with Crippen molar-refractivity contribution in [2.24, 2.45) is 13.0 Å². The van der Waals surface area contributed by atoms with E-state index in [4.69, 9.17) is 14.6 Å². The van der Waals surface area contributed by atoms with Crippen molar-refractivity contribution in [1.82, 2.24) is 18.8 Å². The second-order valence-corrected chi connectivity index (χ2v) is 11.5. The van der Waals surface area contributed by atoms with E-state index < -0.39 is 15.6 Å². The summed E-state index contributed by atoms with van der Waals surface area (Å²) in [6, 6.07) is 4.56. The molecule has 4 rings (SSSR count). The van der Waals surface area contributed by atoms with E-state index in [1.165, 1.54) is 16.4 Å². The number of piperidine rings is 1. The summed E-state index contributed by atoms with van der Waals surface area (Å²) in [5, 5.41) is 10.4. The van der Waals surface area contributed by atoms with Gasteiger partial charge in [-0.1, -0.05) is 13.3 Å². The van der Waals surface area contributed by atoms with Crippen molar-refractivity contribution >= 4 is 27.3 Å². The summed E-state index contributed by atoms with van der Waals surface area (Å²) in [6.45, 7) is 5.16. The number of rotatable bonds is 12. The highest BCUT2D eigenvalue weighted by Crippen LogP contribution is 2.34. The van der Waals surface area contributed by atoms with Gasteiger partial charge >= 0.3 is 0 Å². The molecule has 1 fully saturated rings. The molecular weight excluding hydrogens is 526 g/mol. The molecule has 13 heteroatoms. The number of benzene rings is 1. The Labute approximate surface area is 226 Å². The lowest BCUT2D eigenvalue weighted by Crippen LogP contribution is -2.76. The Morgan fingerprint density at radius 2 is 2.00 bits per heavy atom. The van der Waals surface area contributed by atoms with E-state index in [-0.39, 0.29) is 22.2 Å². The summed E-state index contributed by atoms with van der Waals surface area (Å²) in [7, 11) is -2.18. The average Bonchev–Trinajstić information content (AvgIpc) is 3.20. The van der Waals surface area contributed by atoms with Crippen molar-refractivity contribution in [3.05, 3.63) is 45.0 Å². The quantitative estimate of drug-likeness (QED) is 0.192. The van der Waals surface area contributed by atoms with Crippen LogP contribution in [0.15, 0.2) is 27.9 Å². The highest BCUT2D eigenvalue weighted by molar-refractivity contribution is 7.89. The molecule has 3 N–H and O–H groups in total. The standard InChI is InChI=1S/C26H35N5O7S/c1-4-6-19-21(16-32)30(3)24-23(19)27-25(28-26(24)33)20-15-18(7-8-22(20)37-5-2)39(35,36)31-12-9-17(10-13-31)11-14-38-29-34/h7-8,15-17H,4-6,9-14,29H2,1-3H3,(H,27,28,33). The van der Waals surface area contributed by atoms with E-state index in [2.05, 4.69) is 4.98 Å². The van der Waals surface area contributed by atoms with Crippen LogP contribution in [0.2, 0.25) is 0 Å². The maximum atomic E-state index is 13.6. The van der Waals surface area contributed by atoms with Gasteiger partial charge in [0.05, 0.1) is 22.8 Å². The predicted molar refractivity (Wildman–Crippen MR) is 145 cm³/mol. The fourth-order valence-electron chi connectivity index (χ4n) is 5.21. The van der Waals surface area contributed by atoms with Crippen molar-refractivity contribution in [3.63, 3.8) is 0 Å². The van der Waals surface area contributed by atoms with Crippen molar-refractivity contribution in [2.45, 2.75) is 50.8 Å². The van der Waals surface area contributed by atoms with Crippen LogP contribution in [0.4, 0.5) is 0 Å². The number of carbonyl (C=O) groups excluding carboxylic acids is 1. The molecule has 1 aliphatic rings. The number of fused-ring (bicyclic) bond motifs is 1. The SMILES string of the molecule is CCCc1c(C=O)n(C)c2c(=O)[nH]c(-c3cc(S(=O)(=O)N4CCC(CCO[NH2+][O-])CC4)ccc3OCC)nc12. The molecule has 0 aliphatic carbocycles. The van der Waals surface area contributed by atoms with Gasteiger partial charge in [-0.3, -0.25) is 9.59 Å². The van der Waals surface area contributed by atoms with Gasteiger partial charge in [-0.05, 0) is 56.7 Å². The monoisotopic (exact) mass is 561 g/mol. The van der Waals surface area contributed by atoms with Gasteiger partial charge in [-0.15, -0.1) is 0 Å². The molecule has 0 spiro atoms. The Balaban J connectivity index is 1.74. The van der Waals surface area contributed by atoms with Crippen LogP contribution in [0.3, 0.4) is 0 Å². The van der Waals surface area contributed by atoms with E-state index in [9.17, 15) is 23.2 Å². The number of aromatic nitrogens is 3.